The maximum absolute atomic E-state index is 13.1. The van der Waals surface area contributed by atoms with Crippen LogP contribution in [0, 0.1) is 11.3 Å². The predicted octanol–water partition coefficient (Wildman–Crippen LogP) is 10.3. The molecule has 2 aromatic heterocycles. The number of nitrogens with one attached hydrogen (secondary N) is 1. The van der Waals surface area contributed by atoms with Gasteiger partial charge in [-0.05, 0) is 86.8 Å². The molecule has 0 spiro atoms. The first-order valence-corrected chi connectivity index (χ1v) is 23.1. The third-order valence-electron chi connectivity index (χ3n) is 10.9. The van der Waals surface area contributed by atoms with Crippen LogP contribution in [0.25, 0.3) is 10.2 Å². The molecule has 1 aliphatic rings. The topological polar surface area (TPSA) is 137 Å². The zero-order chi connectivity index (χ0) is 44.3. The molecule has 0 aliphatic carbocycles. The van der Waals surface area contributed by atoms with Crippen molar-refractivity contribution in [2.24, 2.45) is 0 Å². The SMILES string of the molecule is COc1ccc(C(OC[C@H]2O[C@@H](Cc3cc4c(NC(=O)c5ccccc5)ncnc4s3)C[C@@H]2OP(OCCC#N)N(C(C)C)C(C)C)(c2ccccc2)c2ccc(OC)cc2)cc1. The maximum Gasteiger partial charge on any atom is 0.259 e. The van der Waals surface area contributed by atoms with Crippen LogP contribution in [0.2, 0.25) is 0 Å². The van der Waals surface area contributed by atoms with Crippen molar-refractivity contribution in [2.75, 3.05) is 32.8 Å². The highest BCUT2D eigenvalue weighted by Gasteiger charge is 2.44. The largest absolute Gasteiger partial charge is 0.497 e. The minimum Gasteiger partial charge on any atom is -0.497 e. The fourth-order valence-electron chi connectivity index (χ4n) is 7.98. The number of carbonyl (C=O) groups excluding carboxylic acids is 1. The van der Waals surface area contributed by atoms with Gasteiger partial charge in [0.1, 0.15) is 40.2 Å². The number of carbonyl (C=O) groups is 1. The molecule has 3 heterocycles. The second-order valence-electron chi connectivity index (χ2n) is 15.7. The Kier molecular flexibility index (Phi) is 15.5. The van der Waals surface area contributed by atoms with Gasteiger partial charge < -0.3 is 33.3 Å². The second kappa shape index (κ2) is 21.4. The van der Waals surface area contributed by atoms with Crippen molar-refractivity contribution in [2.45, 2.75) is 83.0 Å². The monoisotopic (exact) mass is 887 g/mol. The zero-order valence-electron chi connectivity index (χ0n) is 36.5. The van der Waals surface area contributed by atoms with Gasteiger partial charge in [-0.15, -0.1) is 11.3 Å². The number of fused-ring (bicyclic) bond motifs is 1. The Labute approximate surface area is 375 Å². The van der Waals surface area contributed by atoms with Crippen molar-refractivity contribution >= 4 is 41.8 Å². The van der Waals surface area contributed by atoms with Crippen LogP contribution < -0.4 is 14.8 Å². The van der Waals surface area contributed by atoms with E-state index in [4.69, 9.17) is 28.0 Å². The van der Waals surface area contributed by atoms with E-state index in [2.05, 4.69) is 65.9 Å². The van der Waals surface area contributed by atoms with Crippen LogP contribution in [0.3, 0.4) is 0 Å². The highest BCUT2D eigenvalue weighted by atomic mass is 32.1. The first-order valence-electron chi connectivity index (χ1n) is 21.1. The van der Waals surface area contributed by atoms with E-state index in [1.54, 1.807) is 37.7 Å². The van der Waals surface area contributed by atoms with Gasteiger partial charge in [0, 0.05) is 35.4 Å². The number of rotatable bonds is 20. The van der Waals surface area contributed by atoms with Crippen molar-refractivity contribution in [1.29, 1.82) is 5.26 Å². The Hall–Kier alpha value is -5.29. The average Bonchev–Trinajstić information content (AvgIpc) is 3.90. The van der Waals surface area contributed by atoms with Crippen LogP contribution in [0.15, 0.2) is 122 Å². The predicted molar refractivity (Wildman–Crippen MR) is 247 cm³/mol. The second-order valence-corrected chi connectivity index (χ2v) is 18.2. The molecule has 6 aromatic rings. The molecule has 12 nitrogen and oxygen atoms in total. The van der Waals surface area contributed by atoms with Gasteiger partial charge in [-0.2, -0.15) is 5.26 Å². The minimum atomic E-state index is -1.60. The molecule has 1 saturated heterocycles. The van der Waals surface area contributed by atoms with Crippen molar-refractivity contribution < 1.29 is 32.8 Å². The molecule has 1 amide bonds. The van der Waals surface area contributed by atoms with E-state index in [1.807, 2.05) is 91.0 Å². The van der Waals surface area contributed by atoms with Crippen molar-refractivity contribution in [3.8, 4) is 17.6 Å². The third-order valence-corrected chi connectivity index (χ3v) is 14.1. The lowest BCUT2D eigenvalue weighted by Gasteiger charge is -2.39. The molecule has 0 saturated carbocycles. The molecule has 1 N–H and O–H groups in total. The molecular formula is C49H54N5O7PS. The van der Waals surface area contributed by atoms with E-state index < -0.39 is 26.3 Å². The van der Waals surface area contributed by atoms with Crippen LogP contribution >= 0.6 is 19.9 Å². The summed E-state index contributed by atoms with van der Waals surface area (Å²) in [5.74, 6) is 1.67. The highest BCUT2D eigenvalue weighted by molar-refractivity contribution is 7.44. The summed E-state index contributed by atoms with van der Waals surface area (Å²) in [6, 6.07) is 39.6. The van der Waals surface area contributed by atoms with E-state index in [1.165, 1.54) is 6.33 Å². The van der Waals surface area contributed by atoms with E-state index in [-0.39, 0.29) is 43.7 Å². The smallest absolute Gasteiger partial charge is 0.259 e. The fraction of sp³-hybridized carbons (Fsp3) is 0.347. The lowest BCUT2D eigenvalue weighted by molar-refractivity contribution is -0.0797. The van der Waals surface area contributed by atoms with E-state index >= 15 is 0 Å². The van der Waals surface area contributed by atoms with Crippen LogP contribution in [-0.4, -0.2) is 78.4 Å². The summed E-state index contributed by atoms with van der Waals surface area (Å²) in [6.45, 7) is 8.90. The van der Waals surface area contributed by atoms with E-state index in [9.17, 15) is 10.1 Å². The van der Waals surface area contributed by atoms with Crippen molar-refractivity contribution in [3.05, 3.63) is 149 Å². The molecule has 1 fully saturated rings. The Morgan fingerprint density at radius 1 is 0.889 bits per heavy atom. The number of ether oxygens (including phenoxy) is 4. The number of benzene rings is 4. The Morgan fingerprint density at radius 3 is 2.08 bits per heavy atom. The van der Waals surface area contributed by atoms with Gasteiger partial charge in [0.05, 0.1) is 57.5 Å². The van der Waals surface area contributed by atoms with Crippen LogP contribution in [0.1, 0.15) is 72.5 Å². The molecule has 328 valence electrons. The number of amides is 1. The third kappa shape index (κ3) is 10.7. The van der Waals surface area contributed by atoms with Gasteiger partial charge >= 0.3 is 0 Å². The van der Waals surface area contributed by atoms with Crippen molar-refractivity contribution in [3.63, 3.8) is 0 Å². The summed E-state index contributed by atoms with van der Waals surface area (Å²) in [5, 5.41) is 13.2. The number of thiophene rings is 1. The number of anilines is 1. The lowest BCUT2D eigenvalue weighted by atomic mass is 9.80. The number of nitrogens with zero attached hydrogens (tertiary/aromatic N) is 4. The molecule has 63 heavy (non-hydrogen) atoms. The molecule has 1 aliphatic heterocycles. The minimum absolute atomic E-state index is 0.109. The summed E-state index contributed by atoms with van der Waals surface area (Å²) >= 11 is 1.54. The summed E-state index contributed by atoms with van der Waals surface area (Å²) in [4.78, 5) is 23.9. The molecule has 7 rings (SSSR count). The Balaban J connectivity index is 1.24. The molecule has 14 heteroatoms. The van der Waals surface area contributed by atoms with Gasteiger partial charge in [0.2, 0.25) is 0 Å². The molecule has 0 radical (unpaired) electrons. The van der Waals surface area contributed by atoms with Gasteiger partial charge in [0.15, 0.2) is 0 Å². The lowest BCUT2D eigenvalue weighted by Crippen LogP contribution is -2.39. The average molecular weight is 888 g/mol. The Morgan fingerprint density at radius 2 is 1.49 bits per heavy atom. The number of hydrogen-bond acceptors (Lipinski definition) is 12. The van der Waals surface area contributed by atoms with E-state index in [0.717, 1.165) is 43.3 Å². The first-order chi connectivity index (χ1) is 30.6. The van der Waals surface area contributed by atoms with Crippen LogP contribution in [-0.2, 0) is 30.5 Å². The zero-order valence-corrected chi connectivity index (χ0v) is 38.2. The van der Waals surface area contributed by atoms with Gasteiger partial charge in [-0.3, -0.25) is 4.79 Å². The normalized spacial score (nSPS) is 17.0. The van der Waals surface area contributed by atoms with Gasteiger partial charge in [0.25, 0.3) is 14.4 Å². The van der Waals surface area contributed by atoms with Gasteiger partial charge in [-0.25, -0.2) is 14.6 Å². The molecule has 4 atom stereocenters. The molecule has 0 bridgehead atoms. The molecule has 4 aromatic carbocycles. The summed E-state index contributed by atoms with van der Waals surface area (Å²) in [6.07, 6.45) is 1.63. The quantitative estimate of drug-likeness (QED) is 0.0445. The molecule has 1 unspecified atom stereocenters. The highest BCUT2D eigenvalue weighted by Crippen LogP contribution is 2.50. The summed E-state index contributed by atoms with van der Waals surface area (Å²) in [7, 11) is 1.71. The maximum atomic E-state index is 13.1. The standard InChI is InChI=1S/C49H54N5O7PS/c1-33(2)54(34(3)4)62(59-27-13-26-50)61-44-29-41(28-42-30-43-46(51-32-52-48(43)63-42)53-47(55)35-14-9-7-10-15-35)60-45(44)31-58-49(36-16-11-8-12-17-36,37-18-22-39(56-5)23-19-37)38-20-24-40(57-6)25-21-38/h7-12,14-25,30,32-34,41,44-45H,13,27-29,31H2,1-6H3,(H,51,52,53,55)/t41-,44-,45+,62?/m0/s1. The number of methoxy groups -OCH3 is 2. The Bertz CT molecular complexity index is 2380. The van der Waals surface area contributed by atoms with Crippen LogP contribution in [0.4, 0.5) is 5.82 Å². The number of hydrogen-bond donors (Lipinski definition) is 1. The summed E-state index contributed by atoms with van der Waals surface area (Å²) < 4.78 is 41.3. The van der Waals surface area contributed by atoms with Gasteiger partial charge in [-0.1, -0.05) is 72.8 Å². The summed E-state index contributed by atoms with van der Waals surface area (Å²) in [5.41, 5.74) is 2.20. The van der Waals surface area contributed by atoms with Crippen LogP contribution in [0.5, 0.6) is 11.5 Å². The van der Waals surface area contributed by atoms with E-state index in [0.29, 0.717) is 24.2 Å². The number of aromatic nitrogens is 2. The van der Waals surface area contributed by atoms with Crippen molar-refractivity contribution in [1.82, 2.24) is 14.6 Å². The first kappa shape index (κ1) is 45.7. The fourth-order valence-corrected chi connectivity index (χ4v) is 10.8. The number of nitriles is 1. The molecular weight excluding hydrogens is 834 g/mol.